The zero-order valence-electron chi connectivity index (χ0n) is 16.8. The number of carbonyl (C=O) groups excluding carboxylic acids is 1. The van der Waals surface area contributed by atoms with Gasteiger partial charge in [-0.1, -0.05) is 30.3 Å². The second-order valence-electron chi connectivity index (χ2n) is 6.38. The molecule has 3 rings (SSSR count). The summed E-state index contributed by atoms with van der Waals surface area (Å²) in [6.07, 6.45) is 3.02. The van der Waals surface area contributed by atoms with E-state index >= 15 is 0 Å². The molecule has 0 aromatic heterocycles. The minimum Gasteiger partial charge on any atom is -0.504 e. The van der Waals surface area contributed by atoms with Crippen molar-refractivity contribution in [2.24, 2.45) is 0 Å². The van der Waals surface area contributed by atoms with Crippen LogP contribution in [0.1, 0.15) is 11.1 Å². The first kappa shape index (κ1) is 20.8. The molecule has 0 unspecified atom stereocenters. The van der Waals surface area contributed by atoms with Gasteiger partial charge in [0.1, 0.15) is 18.1 Å². The fraction of sp³-hybridized carbons (Fsp3) is 0.125. The summed E-state index contributed by atoms with van der Waals surface area (Å²) in [4.78, 5) is 12.4. The van der Waals surface area contributed by atoms with E-state index < -0.39 is 0 Å². The summed E-state index contributed by atoms with van der Waals surface area (Å²) in [5, 5.41) is 12.7. The molecule has 0 fully saturated rings. The number of para-hydroxylation sites is 1. The molecule has 0 radical (unpaired) electrons. The highest BCUT2D eigenvalue weighted by Gasteiger charge is 2.07. The van der Waals surface area contributed by atoms with Crippen molar-refractivity contribution in [1.29, 1.82) is 0 Å². The molecule has 6 nitrogen and oxygen atoms in total. The van der Waals surface area contributed by atoms with Crippen LogP contribution >= 0.6 is 0 Å². The lowest BCUT2D eigenvalue weighted by Crippen LogP contribution is -2.10. The van der Waals surface area contributed by atoms with Crippen molar-refractivity contribution >= 4 is 17.7 Å². The summed E-state index contributed by atoms with van der Waals surface area (Å²) in [6.45, 7) is 0.291. The van der Waals surface area contributed by atoms with E-state index in [1.807, 2.05) is 42.5 Å². The minimum absolute atomic E-state index is 0.0140. The van der Waals surface area contributed by atoms with Crippen LogP contribution in [0.15, 0.2) is 72.8 Å². The summed E-state index contributed by atoms with van der Waals surface area (Å²) in [5.41, 5.74) is 2.18. The monoisotopic (exact) mass is 405 g/mol. The maximum Gasteiger partial charge on any atom is 0.248 e. The molecule has 0 saturated heterocycles. The molecule has 6 heteroatoms. The summed E-state index contributed by atoms with van der Waals surface area (Å²) < 4.78 is 16.0. The summed E-state index contributed by atoms with van der Waals surface area (Å²) in [5.74, 6) is 1.49. The summed E-state index contributed by atoms with van der Waals surface area (Å²) in [7, 11) is 3.08. The van der Waals surface area contributed by atoms with E-state index in [0.29, 0.717) is 35.1 Å². The number of amides is 1. The summed E-state index contributed by atoms with van der Waals surface area (Å²) >= 11 is 0. The number of methoxy groups -OCH3 is 2. The van der Waals surface area contributed by atoms with E-state index in [0.717, 1.165) is 5.56 Å². The van der Waals surface area contributed by atoms with Crippen molar-refractivity contribution < 1.29 is 24.1 Å². The van der Waals surface area contributed by atoms with E-state index in [1.54, 1.807) is 31.4 Å². The second kappa shape index (κ2) is 10.0. The maximum absolute atomic E-state index is 12.4. The molecule has 0 atom stereocenters. The molecule has 0 bridgehead atoms. The number of carbonyl (C=O) groups is 1. The van der Waals surface area contributed by atoms with Gasteiger partial charge in [-0.05, 0) is 42.0 Å². The number of ether oxygens (including phenoxy) is 3. The Labute approximate surface area is 175 Å². The van der Waals surface area contributed by atoms with Crippen molar-refractivity contribution in [2.75, 3.05) is 19.5 Å². The predicted octanol–water partition coefficient (Wildman–Crippen LogP) is 4.64. The Morgan fingerprint density at radius 1 is 0.967 bits per heavy atom. The van der Waals surface area contributed by atoms with Gasteiger partial charge >= 0.3 is 0 Å². The molecule has 3 aromatic rings. The minimum atomic E-state index is -0.292. The highest BCUT2D eigenvalue weighted by Crippen LogP contribution is 2.27. The van der Waals surface area contributed by atoms with Crippen molar-refractivity contribution in [3.05, 3.63) is 83.9 Å². The lowest BCUT2D eigenvalue weighted by Gasteiger charge is -2.12. The third-order valence-corrected chi connectivity index (χ3v) is 4.34. The first-order valence-electron chi connectivity index (χ1n) is 9.30. The molecular weight excluding hydrogens is 382 g/mol. The smallest absolute Gasteiger partial charge is 0.248 e. The van der Waals surface area contributed by atoms with Crippen molar-refractivity contribution in [2.45, 2.75) is 6.61 Å². The van der Waals surface area contributed by atoms with Gasteiger partial charge in [0.15, 0.2) is 11.5 Å². The molecule has 30 heavy (non-hydrogen) atoms. The van der Waals surface area contributed by atoms with Crippen molar-refractivity contribution in [3.8, 4) is 23.0 Å². The van der Waals surface area contributed by atoms with Crippen LogP contribution in [0, 0.1) is 0 Å². The van der Waals surface area contributed by atoms with Crippen molar-refractivity contribution in [1.82, 2.24) is 0 Å². The third kappa shape index (κ3) is 5.54. The Morgan fingerprint density at radius 2 is 1.77 bits per heavy atom. The zero-order chi connectivity index (χ0) is 21.3. The molecule has 0 heterocycles. The van der Waals surface area contributed by atoms with Crippen LogP contribution in [0.4, 0.5) is 5.69 Å². The van der Waals surface area contributed by atoms with Crippen LogP contribution in [0.25, 0.3) is 6.08 Å². The van der Waals surface area contributed by atoms with Crippen molar-refractivity contribution in [3.63, 3.8) is 0 Å². The second-order valence-corrected chi connectivity index (χ2v) is 6.38. The number of hydrogen-bond donors (Lipinski definition) is 2. The fourth-order valence-electron chi connectivity index (χ4n) is 2.78. The van der Waals surface area contributed by atoms with Crippen LogP contribution < -0.4 is 19.5 Å². The molecule has 1 amide bonds. The van der Waals surface area contributed by atoms with Crippen LogP contribution in [-0.4, -0.2) is 25.2 Å². The molecule has 0 aliphatic heterocycles. The Balaban J connectivity index is 1.65. The third-order valence-electron chi connectivity index (χ3n) is 4.34. The normalized spacial score (nSPS) is 10.6. The number of aromatic hydroxyl groups is 1. The van der Waals surface area contributed by atoms with Crippen LogP contribution in [0.5, 0.6) is 23.0 Å². The molecule has 2 N–H and O–H groups in total. The van der Waals surface area contributed by atoms with E-state index in [1.165, 1.54) is 19.3 Å². The highest BCUT2D eigenvalue weighted by atomic mass is 16.5. The van der Waals surface area contributed by atoms with Gasteiger partial charge in [0.2, 0.25) is 5.91 Å². The number of phenols is 1. The molecule has 3 aromatic carbocycles. The zero-order valence-corrected chi connectivity index (χ0v) is 16.8. The van der Waals surface area contributed by atoms with Gasteiger partial charge in [-0.3, -0.25) is 4.79 Å². The van der Waals surface area contributed by atoms with Crippen LogP contribution in [-0.2, 0) is 11.4 Å². The van der Waals surface area contributed by atoms with E-state index in [-0.39, 0.29) is 11.7 Å². The van der Waals surface area contributed by atoms with Gasteiger partial charge in [0, 0.05) is 23.4 Å². The molecule has 154 valence electrons. The number of phenolic OH excluding ortho intramolecular Hbond substituents is 1. The molecule has 0 saturated carbocycles. The van der Waals surface area contributed by atoms with Crippen LogP contribution in [0.3, 0.4) is 0 Å². The van der Waals surface area contributed by atoms with Gasteiger partial charge < -0.3 is 24.6 Å². The lowest BCUT2D eigenvalue weighted by molar-refractivity contribution is -0.111. The van der Waals surface area contributed by atoms with Gasteiger partial charge in [-0.15, -0.1) is 0 Å². The predicted molar refractivity (Wildman–Crippen MR) is 116 cm³/mol. The molecular formula is C24H23NO5. The Morgan fingerprint density at radius 3 is 2.53 bits per heavy atom. The number of nitrogens with one attached hydrogen (secondary N) is 1. The van der Waals surface area contributed by atoms with Crippen LogP contribution in [0.2, 0.25) is 0 Å². The molecule has 0 aliphatic rings. The lowest BCUT2D eigenvalue weighted by atomic mass is 10.1. The number of hydrogen-bond acceptors (Lipinski definition) is 5. The van der Waals surface area contributed by atoms with Gasteiger partial charge in [-0.2, -0.15) is 0 Å². The average molecular weight is 405 g/mol. The number of benzene rings is 3. The average Bonchev–Trinajstić information content (AvgIpc) is 2.77. The van der Waals surface area contributed by atoms with E-state index in [2.05, 4.69) is 5.32 Å². The first-order chi connectivity index (χ1) is 14.6. The molecule has 0 aliphatic carbocycles. The Hall–Kier alpha value is -3.93. The highest BCUT2D eigenvalue weighted by molar-refractivity contribution is 6.02. The standard InChI is InChI=1S/C24H23NO5/c1-28-19-7-5-8-20(15-19)30-16-18-6-3-4-9-21(18)25-24(27)13-11-17-10-12-23(29-2)22(26)14-17/h3-15,26H,16H2,1-2H3,(H,25,27)/b13-11+. The Kier molecular flexibility index (Phi) is 6.95. The van der Waals surface area contributed by atoms with Gasteiger partial charge in [0.05, 0.1) is 14.2 Å². The quantitative estimate of drug-likeness (QED) is 0.534. The number of rotatable bonds is 8. The van der Waals surface area contributed by atoms with Gasteiger partial charge in [-0.25, -0.2) is 0 Å². The van der Waals surface area contributed by atoms with Gasteiger partial charge in [0.25, 0.3) is 0 Å². The Bertz CT molecular complexity index is 1050. The topological polar surface area (TPSA) is 77.0 Å². The largest absolute Gasteiger partial charge is 0.504 e. The maximum atomic E-state index is 12.4. The fourth-order valence-corrected chi connectivity index (χ4v) is 2.78. The molecule has 0 spiro atoms. The van der Waals surface area contributed by atoms with E-state index in [4.69, 9.17) is 14.2 Å². The first-order valence-corrected chi connectivity index (χ1v) is 9.30. The summed E-state index contributed by atoms with van der Waals surface area (Å²) in [6, 6.07) is 19.7. The number of anilines is 1. The SMILES string of the molecule is COc1cccc(OCc2ccccc2NC(=O)/C=C/c2ccc(OC)c(O)c2)c1. The van der Waals surface area contributed by atoms with E-state index in [9.17, 15) is 9.90 Å².